The van der Waals surface area contributed by atoms with E-state index in [9.17, 15) is 14.4 Å². The molecule has 0 aliphatic heterocycles. The lowest BCUT2D eigenvalue weighted by atomic mass is 10.1. The van der Waals surface area contributed by atoms with E-state index >= 15 is 0 Å². The summed E-state index contributed by atoms with van der Waals surface area (Å²) in [5, 5.41) is 9.00. The van der Waals surface area contributed by atoms with Crippen LogP contribution in [0.15, 0.2) is 42.5 Å². The Labute approximate surface area is 208 Å². The molecule has 0 unspecified atom stereocenters. The van der Waals surface area contributed by atoms with Crippen LogP contribution in [0.4, 0.5) is 16.5 Å². The van der Waals surface area contributed by atoms with Crippen LogP contribution in [-0.2, 0) is 9.59 Å². The van der Waals surface area contributed by atoms with Gasteiger partial charge in [-0.25, -0.2) is 4.98 Å². The highest BCUT2D eigenvalue weighted by Crippen LogP contribution is 2.48. The van der Waals surface area contributed by atoms with Crippen LogP contribution >= 0.6 is 11.3 Å². The molecule has 3 amide bonds. The van der Waals surface area contributed by atoms with Crippen molar-refractivity contribution < 1.29 is 14.4 Å². The van der Waals surface area contributed by atoms with Crippen molar-refractivity contribution >= 4 is 45.6 Å². The zero-order valence-electron chi connectivity index (χ0n) is 20.0. The quantitative estimate of drug-likeness (QED) is 0.379. The molecule has 0 bridgehead atoms. The third kappa shape index (κ3) is 4.84. The van der Waals surface area contributed by atoms with Crippen molar-refractivity contribution in [3.8, 4) is 0 Å². The van der Waals surface area contributed by atoms with Crippen LogP contribution in [0.25, 0.3) is 0 Å². The highest BCUT2D eigenvalue weighted by molar-refractivity contribution is 7.17. The van der Waals surface area contributed by atoms with Crippen molar-refractivity contribution in [3.63, 3.8) is 0 Å². The second kappa shape index (κ2) is 8.92. The predicted octanol–water partition coefficient (Wildman–Crippen LogP) is 5.56. The number of anilines is 3. The maximum absolute atomic E-state index is 13.1. The van der Waals surface area contributed by atoms with Crippen molar-refractivity contribution in [1.29, 1.82) is 0 Å². The van der Waals surface area contributed by atoms with Crippen LogP contribution in [-0.4, -0.2) is 22.7 Å². The van der Waals surface area contributed by atoms with Gasteiger partial charge in [0.1, 0.15) is 10.3 Å². The first-order chi connectivity index (χ1) is 16.7. The summed E-state index contributed by atoms with van der Waals surface area (Å²) in [6.07, 6.45) is 2.92. The van der Waals surface area contributed by atoms with Crippen LogP contribution in [0, 0.1) is 26.2 Å². The molecule has 5 rings (SSSR count). The molecule has 0 atom stereocenters. The highest BCUT2D eigenvalue weighted by atomic mass is 32.1. The minimum absolute atomic E-state index is 0.230. The molecule has 8 heteroatoms. The van der Waals surface area contributed by atoms with Crippen LogP contribution in [0.3, 0.4) is 0 Å². The molecule has 1 aromatic heterocycles. The first kappa shape index (κ1) is 23.2. The molecule has 2 saturated carbocycles. The number of benzene rings is 2. The van der Waals surface area contributed by atoms with Crippen molar-refractivity contribution in [3.05, 3.63) is 69.7 Å². The van der Waals surface area contributed by atoms with Crippen molar-refractivity contribution in [2.45, 2.75) is 52.4 Å². The first-order valence-corrected chi connectivity index (χ1v) is 12.7. The minimum Gasteiger partial charge on any atom is -0.325 e. The van der Waals surface area contributed by atoms with Crippen LogP contribution in [0.2, 0.25) is 0 Å². The van der Waals surface area contributed by atoms with Gasteiger partial charge >= 0.3 is 0 Å². The van der Waals surface area contributed by atoms with Crippen LogP contribution in [0.1, 0.15) is 63.7 Å². The predicted molar refractivity (Wildman–Crippen MR) is 138 cm³/mol. The number of nitrogens with zero attached hydrogens (tertiary/aromatic N) is 1. The van der Waals surface area contributed by atoms with Gasteiger partial charge in [0.05, 0.1) is 5.69 Å². The van der Waals surface area contributed by atoms with Gasteiger partial charge in [-0.05, 0) is 81.8 Å². The zero-order chi connectivity index (χ0) is 24.7. The molecule has 2 fully saturated rings. The molecule has 35 heavy (non-hydrogen) atoms. The number of carbonyl (C=O) groups excluding carboxylic acids is 3. The number of amides is 3. The smallest absolute Gasteiger partial charge is 0.267 e. The van der Waals surface area contributed by atoms with E-state index in [0.717, 1.165) is 40.9 Å². The molecule has 2 aromatic carbocycles. The Bertz CT molecular complexity index is 1320. The summed E-state index contributed by atoms with van der Waals surface area (Å²) in [4.78, 5) is 44.2. The van der Waals surface area contributed by atoms with Gasteiger partial charge in [-0.3, -0.25) is 14.4 Å². The standard InChI is InChI=1S/C27H28N4O3S/c1-15-4-9-19(10-5-15)29-24(33)27(12-13-27)25(34)31-26-30-21(18-7-8-18)22(35-26)23(32)28-20-11-6-16(2)17(3)14-20/h4-6,9-11,14,18H,7-8,12-13H2,1-3H3,(H,28,32)(H,29,33)(H,30,31,34). The first-order valence-electron chi connectivity index (χ1n) is 11.8. The van der Waals surface area contributed by atoms with Gasteiger partial charge in [0.15, 0.2) is 5.13 Å². The van der Waals surface area contributed by atoms with Crippen molar-refractivity contribution in [2.24, 2.45) is 5.41 Å². The molecular formula is C27H28N4O3S. The fraction of sp³-hybridized carbons (Fsp3) is 0.333. The molecule has 2 aliphatic rings. The Morgan fingerprint density at radius 1 is 0.857 bits per heavy atom. The number of rotatable bonds is 7. The molecule has 1 heterocycles. The minimum atomic E-state index is -1.10. The summed E-state index contributed by atoms with van der Waals surface area (Å²) in [6.45, 7) is 6.00. The molecule has 7 nitrogen and oxygen atoms in total. The lowest BCUT2D eigenvalue weighted by Gasteiger charge is -2.14. The van der Waals surface area contributed by atoms with Gasteiger partial charge in [0.25, 0.3) is 5.91 Å². The third-order valence-electron chi connectivity index (χ3n) is 6.74. The second-order valence-corrected chi connectivity index (χ2v) is 10.6. The van der Waals surface area contributed by atoms with Gasteiger partial charge in [-0.15, -0.1) is 0 Å². The molecule has 2 aliphatic carbocycles. The van der Waals surface area contributed by atoms with E-state index in [1.807, 2.05) is 63.2 Å². The summed E-state index contributed by atoms with van der Waals surface area (Å²) >= 11 is 1.17. The third-order valence-corrected chi connectivity index (χ3v) is 7.72. The van der Waals surface area contributed by atoms with Crippen LogP contribution < -0.4 is 16.0 Å². The molecule has 0 spiro atoms. The molecule has 180 valence electrons. The van der Waals surface area contributed by atoms with Crippen molar-refractivity contribution in [2.75, 3.05) is 16.0 Å². The lowest BCUT2D eigenvalue weighted by Crippen LogP contribution is -2.35. The molecular weight excluding hydrogens is 460 g/mol. The van der Waals surface area contributed by atoms with E-state index in [4.69, 9.17) is 0 Å². The molecule has 0 radical (unpaired) electrons. The van der Waals surface area contributed by atoms with Crippen molar-refractivity contribution in [1.82, 2.24) is 4.98 Å². The fourth-order valence-electron chi connectivity index (χ4n) is 3.98. The van der Waals surface area contributed by atoms with E-state index in [0.29, 0.717) is 28.5 Å². The average molecular weight is 489 g/mol. The van der Waals surface area contributed by atoms with E-state index < -0.39 is 5.41 Å². The number of carbonyl (C=O) groups is 3. The number of thiazole rings is 1. The molecule has 3 aromatic rings. The maximum atomic E-state index is 13.1. The largest absolute Gasteiger partial charge is 0.325 e. The maximum Gasteiger partial charge on any atom is 0.267 e. The van der Waals surface area contributed by atoms with E-state index in [1.165, 1.54) is 11.3 Å². The summed E-state index contributed by atoms with van der Waals surface area (Å²) in [5.74, 6) is -0.687. The number of aryl methyl sites for hydroxylation is 3. The number of nitrogens with one attached hydrogen (secondary N) is 3. The lowest BCUT2D eigenvalue weighted by molar-refractivity contribution is -0.131. The van der Waals surface area contributed by atoms with Gasteiger partial charge in [-0.2, -0.15) is 0 Å². The van der Waals surface area contributed by atoms with Gasteiger partial charge in [-0.1, -0.05) is 35.1 Å². The van der Waals surface area contributed by atoms with E-state index in [-0.39, 0.29) is 23.6 Å². The number of aromatic nitrogens is 1. The second-order valence-electron chi connectivity index (χ2n) is 9.62. The zero-order valence-corrected chi connectivity index (χ0v) is 20.8. The van der Waals surface area contributed by atoms with Gasteiger partial charge in [0.2, 0.25) is 11.8 Å². The summed E-state index contributed by atoms with van der Waals surface area (Å²) in [6, 6.07) is 13.3. The Hall–Kier alpha value is -3.52. The highest BCUT2D eigenvalue weighted by Gasteiger charge is 2.56. The van der Waals surface area contributed by atoms with Gasteiger partial charge < -0.3 is 16.0 Å². The Morgan fingerprint density at radius 2 is 1.51 bits per heavy atom. The van der Waals surface area contributed by atoms with E-state index in [2.05, 4.69) is 20.9 Å². The summed E-state index contributed by atoms with van der Waals surface area (Å²) in [7, 11) is 0. The Balaban J connectivity index is 1.30. The van der Waals surface area contributed by atoms with Gasteiger partial charge in [0, 0.05) is 17.3 Å². The topological polar surface area (TPSA) is 100 Å². The fourth-order valence-corrected chi connectivity index (χ4v) is 4.92. The SMILES string of the molecule is Cc1ccc(NC(=O)C2(C(=O)Nc3nc(C4CC4)c(C(=O)Nc4ccc(C)c(C)c4)s3)CC2)cc1. The molecule has 0 saturated heterocycles. The Morgan fingerprint density at radius 3 is 2.14 bits per heavy atom. The monoisotopic (exact) mass is 488 g/mol. The molecule has 3 N–H and O–H groups in total. The number of hydrogen-bond donors (Lipinski definition) is 3. The Kier molecular flexibility index (Phi) is 5.92. The average Bonchev–Trinajstić information content (AvgIpc) is 3.75. The summed E-state index contributed by atoms with van der Waals surface area (Å²) < 4.78 is 0. The normalized spacial score (nSPS) is 15.9. The summed E-state index contributed by atoms with van der Waals surface area (Å²) in [5.41, 5.74) is 4.36. The van der Waals surface area contributed by atoms with E-state index in [1.54, 1.807) is 0 Å². The number of hydrogen-bond acceptors (Lipinski definition) is 5. The van der Waals surface area contributed by atoms with Crippen LogP contribution in [0.5, 0.6) is 0 Å².